The van der Waals surface area contributed by atoms with Crippen molar-refractivity contribution in [3.63, 3.8) is 0 Å². The van der Waals surface area contributed by atoms with Crippen LogP contribution in [0.15, 0.2) is 84.4 Å². The summed E-state index contributed by atoms with van der Waals surface area (Å²) >= 11 is 0. The third-order valence-corrected chi connectivity index (χ3v) is 4.06. The minimum Gasteiger partial charge on any atom is -0.411 e. The molecule has 0 bridgehead atoms. The second-order valence-corrected chi connectivity index (χ2v) is 5.99. The number of hydrogen-bond acceptors (Lipinski definition) is 4. The predicted molar refractivity (Wildman–Crippen MR) is 98.2 cm³/mol. The Labute approximate surface area is 157 Å². The Morgan fingerprint density at radius 1 is 0.963 bits per heavy atom. The monoisotopic (exact) mass is 363 g/mol. The maximum atomic E-state index is 12.3. The van der Waals surface area contributed by atoms with Crippen LogP contribution in [-0.4, -0.2) is 17.2 Å². The van der Waals surface area contributed by atoms with E-state index in [-0.39, 0.29) is 5.78 Å². The van der Waals surface area contributed by atoms with Crippen LogP contribution in [0.3, 0.4) is 0 Å². The van der Waals surface area contributed by atoms with Gasteiger partial charge in [-0.2, -0.15) is 9.13 Å². The van der Waals surface area contributed by atoms with Crippen LogP contribution in [0, 0.1) is 0 Å². The fourth-order valence-electron chi connectivity index (χ4n) is 2.64. The topological polar surface area (TPSA) is 66.7 Å². The molecule has 6 heteroatoms. The van der Waals surface area contributed by atoms with Crippen LogP contribution >= 0.6 is 0 Å². The lowest BCUT2D eigenvalue weighted by atomic mass is 10.0. The van der Waals surface area contributed by atoms with Crippen molar-refractivity contribution in [1.29, 1.82) is 0 Å². The molecule has 1 N–H and O–H groups in total. The van der Waals surface area contributed by atoms with Crippen LogP contribution in [0.1, 0.15) is 21.6 Å². The number of ether oxygens (including phenoxy) is 1. The standard InChI is InChI=1S/C21H20N3O3/c25-21(14-18-6-2-1-3-7-18)19-9-12-23(13-10-19)16-27-17-24-11-5-4-8-20(24)15-22-26/h1-13,15H,14,16-17H2/q+1/p+1. The molecule has 0 radical (unpaired) electrons. The number of hydrogen-bond donors (Lipinski definition) is 1. The summed E-state index contributed by atoms with van der Waals surface area (Å²) in [5, 5.41) is 11.7. The summed E-state index contributed by atoms with van der Waals surface area (Å²) in [6.45, 7) is 0.647. The Balaban J connectivity index is 1.54. The number of carbonyl (C=O) groups is 1. The normalized spacial score (nSPS) is 11.0. The zero-order chi connectivity index (χ0) is 18.9. The van der Waals surface area contributed by atoms with Crippen LogP contribution in [0.4, 0.5) is 0 Å². The number of nitrogens with zero attached hydrogens (tertiary/aromatic N) is 3. The van der Waals surface area contributed by atoms with Crippen molar-refractivity contribution in [3.8, 4) is 0 Å². The molecule has 3 aromatic rings. The Morgan fingerprint density at radius 2 is 1.70 bits per heavy atom. The smallest absolute Gasteiger partial charge is 0.258 e. The highest BCUT2D eigenvalue weighted by Gasteiger charge is 2.11. The lowest BCUT2D eigenvalue weighted by molar-refractivity contribution is -0.788. The van der Waals surface area contributed by atoms with E-state index in [9.17, 15) is 4.79 Å². The summed E-state index contributed by atoms with van der Waals surface area (Å²) in [5.74, 6) is 0.0852. The van der Waals surface area contributed by atoms with Gasteiger partial charge in [0.05, 0.1) is 0 Å². The molecule has 0 saturated carbocycles. The van der Waals surface area contributed by atoms with E-state index in [0.29, 0.717) is 25.4 Å². The highest BCUT2D eigenvalue weighted by atomic mass is 16.5. The SMILES string of the molecule is O=C(Cc1ccccc1)c1cc[n+](COC[n+]2ccccc2/C=N/O)cc1. The minimum atomic E-state index is 0.0852. The Hall–Kier alpha value is -3.38. The average Bonchev–Trinajstić information content (AvgIpc) is 2.71. The zero-order valence-corrected chi connectivity index (χ0v) is 14.8. The van der Waals surface area contributed by atoms with Gasteiger partial charge in [-0.1, -0.05) is 35.5 Å². The highest BCUT2D eigenvalue weighted by Crippen LogP contribution is 2.06. The van der Waals surface area contributed by atoms with E-state index in [1.165, 1.54) is 6.21 Å². The summed E-state index contributed by atoms with van der Waals surface area (Å²) in [6, 6.07) is 18.9. The van der Waals surface area contributed by atoms with Gasteiger partial charge in [0.25, 0.3) is 13.5 Å². The molecule has 0 aliphatic heterocycles. The molecular weight excluding hydrogens is 342 g/mol. The number of aromatic nitrogens is 2. The van der Waals surface area contributed by atoms with Gasteiger partial charge in [-0.25, -0.2) is 0 Å². The van der Waals surface area contributed by atoms with E-state index in [1.54, 1.807) is 12.1 Å². The lowest BCUT2D eigenvalue weighted by Crippen LogP contribution is -2.42. The minimum absolute atomic E-state index is 0.0852. The van der Waals surface area contributed by atoms with Gasteiger partial charge in [-0.15, -0.1) is 0 Å². The molecule has 3 rings (SSSR count). The number of ketones is 1. The third kappa shape index (κ3) is 5.29. The Bertz CT molecular complexity index is 909. The molecule has 6 nitrogen and oxygen atoms in total. The van der Waals surface area contributed by atoms with Gasteiger partial charge >= 0.3 is 0 Å². The number of carbonyl (C=O) groups excluding carboxylic acids is 1. The molecule has 0 saturated heterocycles. The molecule has 0 amide bonds. The molecule has 2 aromatic heterocycles. The van der Waals surface area contributed by atoms with E-state index < -0.39 is 0 Å². The lowest BCUT2D eigenvalue weighted by Gasteiger charge is -2.02. The number of Topliss-reactive ketones (excluding diaryl/α,β-unsaturated/α-hetero) is 1. The first-order chi connectivity index (χ1) is 13.3. The molecule has 2 heterocycles. The molecule has 0 aliphatic rings. The second-order valence-electron chi connectivity index (χ2n) is 5.99. The Morgan fingerprint density at radius 3 is 2.44 bits per heavy atom. The van der Waals surface area contributed by atoms with Gasteiger partial charge in [0.2, 0.25) is 5.69 Å². The van der Waals surface area contributed by atoms with Gasteiger partial charge in [-0.05, 0) is 11.6 Å². The first kappa shape index (κ1) is 18.4. The van der Waals surface area contributed by atoms with E-state index in [4.69, 9.17) is 9.94 Å². The van der Waals surface area contributed by atoms with Crippen LogP contribution in [0.2, 0.25) is 0 Å². The van der Waals surface area contributed by atoms with E-state index >= 15 is 0 Å². The molecule has 0 atom stereocenters. The maximum absolute atomic E-state index is 12.3. The summed E-state index contributed by atoms with van der Waals surface area (Å²) in [7, 11) is 0. The fourth-order valence-corrected chi connectivity index (χ4v) is 2.64. The molecule has 1 aromatic carbocycles. The van der Waals surface area contributed by atoms with Gasteiger partial charge in [0.15, 0.2) is 24.4 Å². The van der Waals surface area contributed by atoms with Crippen molar-refractivity contribution in [1.82, 2.24) is 0 Å². The second kappa shape index (κ2) is 9.35. The van der Waals surface area contributed by atoms with Gasteiger partial charge in [0, 0.05) is 36.2 Å². The first-order valence-corrected chi connectivity index (χ1v) is 8.56. The molecular formula is C21H21N3O3+2. The summed E-state index contributed by atoms with van der Waals surface area (Å²) in [6.07, 6.45) is 7.23. The largest absolute Gasteiger partial charge is 0.411 e. The van der Waals surface area contributed by atoms with Crippen LogP contribution in [0.25, 0.3) is 0 Å². The Kier molecular flexibility index (Phi) is 6.38. The molecule has 0 spiro atoms. The van der Waals surface area contributed by atoms with Crippen LogP contribution in [-0.2, 0) is 24.6 Å². The van der Waals surface area contributed by atoms with Gasteiger partial charge in [0.1, 0.15) is 6.21 Å². The molecule has 0 aliphatic carbocycles. The van der Waals surface area contributed by atoms with Crippen molar-refractivity contribution in [2.24, 2.45) is 5.16 Å². The molecule has 0 unspecified atom stereocenters. The number of rotatable bonds is 8. The van der Waals surface area contributed by atoms with Gasteiger partial charge < -0.3 is 5.21 Å². The average molecular weight is 363 g/mol. The van der Waals surface area contributed by atoms with Crippen molar-refractivity contribution in [2.75, 3.05) is 0 Å². The fraction of sp³-hybridized carbons (Fsp3) is 0.143. The third-order valence-electron chi connectivity index (χ3n) is 4.06. The van der Waals surface area contributed by atoms with Crippen molar-refractivity contribution >= 4 is 12.0 Å². The number of oxime groups is 1. The van der Waals surface area contributed by atoms with Crippen LogP contribution < -0.4 is 9.13 Å². The summed E-state index contributed by atoms with van der Waals surface area (Å²) in [4.78, 5) is 12.3. The van der Waals surface area contributed by atoms with Crippen LogP contribution in [0.5, 0.6) is 0 Å². The summed E-state index contributed by atoms with van der Waals surface area (Å²) < 4.78 is 9.35. The van der Waals surface area contributed by atoms with E-state index in [1.807, 2.05) is 76.3 Å². The first-order valence-electron chi connectivity index (χ1n) is 8.56. The van der Waals surface area contributed by atoms with Crippen molar-refractivity contribution in [2.45, 2.75) is 19.9 Å². The van der Waals surface area contributed by atoms with E-state index in [2.05, 4.69) is 5.16 Å². The van der Waals surface area contributed by atoms with E-state index in [0.717, 1.165) is 11.3 Å². The number of pyridine rings is 2. The molecule has 136 valence electrons. The van der Waals surface area contributed by atoms with Crippen molar-refractivity contribution in [3.05, 3.63) is 96.1 Å². The number of benzene rings is 1. The van der Waals surface area contributed by atoms with Gasteiger partial charge in [-0.3, -0.25) is 9.53 Å². The quantitative estimate of drug-likeness (QED) is 0.219. The molecule has 27 heavy (non-hydrogen) atoms. The summed E-state index contributed by atoms with van der Waals surface area (Å²) in [5.41, 5.74) is 2.41. The molecule has 0 fully saturated rings. The maximum Gasteiger partial charge on any atom is 0.258 e. The predicted octanol–water partition coefficient (Wildman–Crippen LogP) is 2.13. The highest BCUT2D eigenvalue weighted by molar-refractivity contribution is 5.97. The zero-order valence-electron chi connectivity index (χ0n) is 14.8. The van der Waals surface area contributed by atoms with Crippen molar-refractivity contribution < 1.29 is 23.9 Å².